The molecule has 1 saturated carbocycles. The Morgan fingerprint density at radius 1 is 1.26 bits per heavy atom. The maximum Gasteiger partial charge on any atom is 0.411 e. The van der Waals surface area contributed by atoms with Crippen LogP contribution in [0.25, 0.3) is 0 Å². The lowest BCUT2D eigenvalue weighted by molar-refractivity contribution is -0.173. The first-order chi connectivity index (χ1) is 10.4. The first-order valence-electron chi connectivity index (χ1n) is 7.56. The predicted octanol–water partition coefficient (Wildman–Crippen LogP) is 2.51. The van der Waals surface area contributed by atoms with Crippen molar-refractivity contribution in [3.63, 3.8) is 0 Å². The molecule has 5 nitrogen and oxygen atoms in total. The molecule has 0 aliphatic heterocycles. The smallest absolute Gasteiger partial charge is 0.379 e. The van der Waals surface area contributed by atoms with E-state index in [-0.39, 0.29) is 30.6 Å². The topological polar surface area (TPSA) is 46.1 Å². The molecular formula is C14H27F3IN3O2. The van der Waals surface area contributed by atoms with Crippen molar-refractivity contribution in [2.45, 2.75) is 25.4 Å². The van der Waals surface area contributed by atoms with Gasteiger partial charge in [-0.05, 0) is 25.2 Å². The van der Waals surface area contributed by atoms with Gasteiger partial charge in [0, 0.05) is 40.4 Å². The van der Waals surface area contributed by atoms with Crippen LogP contribution in [-0.4, -0.2) is 70.6 Å². The molecule has 0 saturated heterocycles. The second-order valence-electron chi connectivity index (χ2n) is 5.44. The number of halogens is 4. The fraction of sp³-hybridized carbons (Fsp3) is 0.929. The van der Waals surface area contributed by atoms with Crippen LogP contribution in [0.1, 0.15) is 19.3 Å². The Morgan fingerprint density at radius 3 is 2.52 bits per heavy atom. The van der Waals surface area contributed by atoms with Crippen LogP contribution < -0.4 is 5.32 Å². The molecule has 0 spiro atoms. The Balaban J connectivity index is 0.00000484. The normalized spacial score (nSPS) is 15.3. The second-order valence-corrected chi connectivity index (χ2v) is 5.44. The van der Waals surface area contributed by atoms with Crippen LogP contribution in [0.5, 0.6) is 0 Å². The van der Waals surface area contributed by atoms with E-state index in [4.69, 9.17) is 4.74 Å². The van der Waals surface area contributed by atoms with Crippen LogP contribution in [0.3, 0.4) is 0 Å². The summed E-state index contributed by atoms with van der Waals surface area (Å²) in [5.74, 6) is 1.45. The van der Waals surface area contributed by atoms with Gasteiger partial charge in [-0.1, -0.05) is 0 Å². The number of ether oxygens (including phenoxy) is 2. The van der Waals surface area contributed by atoms with Gasteiger partial charge in [-0.25, -0.2) is 0 Å². The number of nitrogens with one attached hydrogen (secondary N) is 1. The Kier molecular flexibility index (Phi) is 12.0. The second kappa shape index (κ2) is 12.1. The van der Waals surface area contributed by atoms with Crippen LogP contribution >= 0.6 is 24.0 Å². The summed E-state index contributed by atoms with van der Waals surface area (Å²) in [7, 11) is 3.57. The first kappa shape index (κ1) is 22.7. The summed E-state index contributed by atoms with van der Waals surface area (Å²) in [6, 6.07) is 0. The van der Waals surface area contributed by atoms with E-state index in [2.05, 4.69) is 15.0 Å². The third-order valence-electron chi connectivity index (χ3n) is 3.21. The Hall–Kier alpha value is -0.290. The van der Waals surface area contributed by atoms with Gasteiger partial charge < -0.3 is 19.7 Å². The van der Waals surface area contributed by atoms with Crippen molar-refractivity contribution in [1.82, 2.24) is 10.2 Å². The monoisotopic (exact) mass is 453 g/mol. The van der Waals surface area contributed by atoms with Crippen LogP contribution in [0.15, 0.2) is 4.99 Å². The van der Waals surface area contributed by atoms with Crippen molar-refractivity contribution in [3.05, 3.63) is 0 Å². The van der Waals surface area contributed by atoms with E-state index < -0.39 is 12.8 Å². The first-order valence-corrected chi connectivity index (χ1v) is 7.56. The number of guanidine groups is 1. The molecule has 0 aromatic heterocycles. The minimum atomic E-state index is -4.26. The highest BCUT2D eigenvalue weighted by Gasteiger charge is 2.27. The molecular weight excluding hydrogens is 426 g/mol. The molecule has 0 radical (unpaired) electrons. The van der Waals surface area contributed by atoms with E-state index in [1.54, 1.807) is 7.05 Å². The average Bonchev–Trinajstić information content (AvgIpc) is 3.25. The maximum atomic E-state index is 11.9. The number of aliphatic imine (C=N–C) groups is 1. The van der Waals surface area contributed by atoms with E-state index in [9.17, 15) is 13.2 Å². The molecule has 1 fully saturated rings. The van der Waals surface area contributed by atoms with Crippen molar-refractivity contribution < 1.29 is 22.6 Å². The summed E-state index contributed by atoms with van der Waals surface area (Å²) in [4.78, 5) is 6.06. The van der Waals surface area contributed by atoms with E-state index >= 15 is 0 Å². The molecule has 0 heterocycles. The van der Waals surface area contributed by atoms with Gasteiger partial charge in [0.2, 0.25) is 0 Å². The van der Waals surface area contributed by atoms with Crippen LogP contribution in [-0.2, 0) is 9.47 Å². The van der Waals surface area contributed by atoms with Crippen molar-refractivity contribution in [2.24, 2.45) is 10.9 Å². The predicted molar refractivity (Wildman–Crippen MR) is 94.4 cm³/mol. The summed E-state index contributed by atoms with van der Waals surface area (Å²) in [5, 5.41) is 3.09. The zero-order valence-corrected chi connectivity index (χ0v) is 16.0. The van der Waals surface area contributed by atoms with Crippen LogP contribution in [0.2, 0.25) is 0 Å². The SMILES string of the molecule is CN=C(NCCCOCC(F)(F)F)N(C)CCOCC1CC1.I. The third kappa shape index (κ3) is 12.8. The third-order valence-corrected chi connectivity index (χ3v) is 3.21. The number of rotatable bonds is 10. The summed E-state index contributed by atoms with van der Waals surface area (Å²) >= 11 is 0. The molecule has 1 N–H and O–H groups in total. The highest BCUT2D eigenvalue weighted by Crippen LogP contribution is 2.28. The number of likely N-dealkylation sites (N-methyl/N-ethyl adjacent to an activating group) is 1. The Bertz CT molecular complexity index is 340. The van der Waals surface area contributed by atoms with E-state index in [0.717, 1.165) is 19.1 Å². The number of hydrogen-bond acceptors (Lipinski definition) is 3. The molecule has 1 aliphatic carbocycles. The van der Waals surface area contributed by atoms with Gasteiger partial charge in [-0.15, -0.1) is 24.0 Å². The minimum absolute atomic E-state index is 0. The molecule has 0 aromatic rings. The van der Waals surface area contributed by atoms with Crippen molar-refractivity contribution >= 4 is 29.9 Å². The van der Waals surface area contributed by atoms with Gasteiger partial charge in [0.25, 0.3) is 0 Å². The number of hydrogen-bond donors (Lipinski definition) is 1. The molecule has 1 rings (SSSR count). The van der Waals surface area contributed by atoms with Crippen LogP contribution in [0.4, 0.5) is 13.2 Å². The highest BCUT2D eigenvalue weighted by molar-refractivity contribution is 14.0. The summed E-state index contributed by atoms with van der Waals surface area (Å²) in [6.07, 6.45) is -1.23. The number of alkyl halides is 3. The fourth-order valence-electron chi connectivity index (χ4n) is 1.79. The molecule has 0 atom stereocenters. The Labute approximate surface area is 153 Å². The fourth-order valence-corrected chi connectivity index (χ4v) is 1.79. The molecule has 23 heavy (non-hydrogen) atoms. The number of nitrogens with zero attached hydrogens (tertiary/aromatic N) is 2. The maximum absolute atomic E-state index is 11.9. The lowest BCUT2D eigenvalue weighted by Crippen LogP contribution is -2.41. The summed E-state index contributed by atoms with van der Waals surface area (Å²) in [5.41, 5.74) is 0. The lowest BCUT2D eigenvalue weighted by Gasteiger charge is -2.22. The van der Waals surface area contributed by atoms with Crippen molar-refractivity contribution in [1.29, 1.82) is 0 Å². The van der Waals surface area contributed by atoms with Gasteiger partial charge in [-0.3, -0.25) is 4.99 Å². The minimum Gasteiger partial charge on any atom is -0.379 e. The van der Waals surface area contributed by atoms with Gasteiger partial charge in [0.05, 0.1) is 6.61 Å². The molecule has 0 amide bonds. The zero-order chi connectivity index (χ0) is 16.4. The molecule has 9 heteroatoms. The summed E-state index contributed by atoms with van der Waals surface area (Å²) in [6.45, 7) is 1.57. The molecule has 0 unspecified atom stereocenters. The van der Waals surface area contributed by atoms with Gasteiger partial charge in [-0.2, -0.15) is 13.2 Å². The average molecular weight is 453 g/mol. The Morgan fingerprint density at radius 2 is 1.96 bits per heavy atom. The highest BCUT2D eigenvalue weighted by atomic mass is 127. The summed E-state index contributed by atoms with van der Waals surface area (Å²) < 4.78 is 45.7. The van der Waals surface area contributed by atoms with E-state index in [1.807, 2.05) is 11.9 Å². The van der Waals surface area contributed by atoms with Crippen molar-refractivity contribution in [2.75, 3.05) is 53.6 Å². The molecule has 0 aromatic carbocycles. The van der Waals surface area contributed by atoms with E-state index in [0.29, 0.717) is 25.5 Å². The zero-order valence-electron chi connectivity index (χ0n) is 13.7. The van der Waals surface area contributed by atoms with Gasteiger partial charge in [0.15, 0.2) is 5.96 Å². The quantitative estimate of drug-likeness (QED) is 0.239. The van der Waals surface area contributed by atoms with Crippen LogP contribution in [0, 0.1) is 5.92 Å². The largest absolute Gasteiger partial charge is 0.411 e. The van der Waals surface area contributed by atoms with E-state index in [1.165, 1.54) is 12.8 Å². The lowest BCUT2D eigenvalue weighted by atomic mass is 10.4. The molecule has 1 aliphatic rings. The van der Waals surface area contributed by atoms with Crippen molar-refractivity contribution in [3.8, 4) is 0 Å². The van der Waals surface area contributed by atoms with Gasteiger partial charge >= 0.3 is 6.18 Å². The standard InChI is InChI=1S/C14H26F3N3O2.HI/c1-18-13(19-6-3-8-22-11-14(15,16)17)20(2)7-9-21-10-12-4-5-12;/h12H,3-11H2,1-2H3,(H,18,19);1H. The van der Waals surface area contributed by atoms with Gasteiger partial charge in [0.1, 0.15) is 6.61 Å². The molecule has 0 bridgehead atoms. The molecule has 138 valence electrons.